The summed E-state index contributed by atoms with van der Waals surface area (Å²) in [6.45, 7) is -0.00473. The first kappa shape index (κ1) is 24.1. The molecule has 0 aromatic heterocycles. The molecular weight excluding hydrogens is 466 g/mol. The van der Waals surface area contributed by atoms with Gasteiger partial charge < -0.3 is 14.2 Å². The quantitative estimate of drug-likeness (QED) is 0.274. The summed E-state index contributed by atoms with van der Waals surface area (Å²) in [6, 6.07) is 32.6. The number of rotatable bonds is 8. The smallest absolute Gasteiger partial charge is 0.414 e. The number of amides is 1. The van der Waals surface area contributed by atoms with Crippen LogP contribution in [0.1, 0.15) is 22.6 Å². The zero-order valence-electron chi connectivity index (χ0n) is 20.5. The third kappa shape index (κ3) is 5.33. The SMILES string of the molecule is COc1ccc(N(CC(=O)OCc2ccccc2)C(=O)OCC2c3ccccc3-c3ccccc32)cc1. The average molecular weight is 494 g/mol. The van der Waals surface area contributed by atoms with Crippen molar-refractivity contribution in [3.63, 3.8) is 0 Å². The van der Waals surface area contributed by atoms with Gasteiger partial charge in [-0.3, -0.25) is 9.69 Å². The number of methoxy groups -OCH3 is 1. The summed E-state index contributed by atoms with van der Waals surface area (Å²) in [5, 5.41) is 0. The van der Waals surface area contributed by atoms with E-state index in [0.29, 0.717) is 11.4 Å². The first-order chi connectivity index (χ1) is 18.1. The fraction of sp³-hybridized carbons (Fsp3) is 0.161. The van der Waals surface area contributed by atoms with Crippen molar-refractivity contribution in [3.8, 4) is 16.9 Å². The van der Waals surface area contributed by atoms with Crippen LogP contribution in [-0.4, -0.2) is 32.3 Å². The van der Waals surface area contributed by atoms with Gasteiger partial charge in [0.2, 0.25) is 0 Å². The molecule has 0 saturated carbocycles. The Bertz CT molecular complexity index is 1340. The zero-order valence-corrected chi connectivity index (χ0v) is 20.5. The van der Waals surface area contributed by atoms with Crippen LogP contribution in [0.4, 0.5) is 10.5 Å². The number of hydrogen-bond acceptors (Lipinski definition) is 5. The minimum absolute atomic E-state index is 0.0842. The van der Waals surface area contributed by atoms with E-state index in [1.165, 1.54) is 4.90 Å². The van der Waals surface area contributed by atoms with E-state index in [1.54, 1.807) is 31.4 Å². The highest BCUT2D eigenvalue weighted by molar-refractivity contribution is 5.93. The van der Waals surface area contributed by atoms with Crippen molar-refractivity contribution in [1.29, 1.82) is 0 Å². The van der Waals surface area contributed by atoms with Crippen molar-refractivity contribution in [2.75, 3.05) is 25.2 Å². The van der Waals surface area contributed by atoms with Crippen molar-refractivity contribution >= 4 is 17.7 Å². The van der Waals surface area contributed by atoms with Gasteiger partial charge in [-0.15, -0.1) is 0 Å². The lowest BCUT2D eigenvalue weighted by Crippen LogP contribution is -2.37. The van der Waals surface area contributed by atoms with Crippen molar-refractivity contribution in [2.24, 2.45) is 0 Å². The molecule has 186 valence electrons. The van der Waals surface area contributed by atoms with Gasteiger partial charge in [0.15, 0.2) is 0 Å². The minimum Gasteiger partial charge on any atom is -0.497 e. The Balaban J connectivity index is 1.32. The third-order valence-electron chi connectivity index (χ3n) is 6.47. The molecule has 0 fully saturated rings. The Morgan fingerprint density at radius 3 is 1.95 bits per heavy atom. The van der Waals surface area contributed by atoms with Gasteiger partial charge in [0.1, 0.15) is 25.5 Å². The second-order valence-electron chi connectivity index (χ2n) is 8.73. The minimum atomic E-state index is -0.622. The van der Waals surface area contributed by atoms with Crippen LogP contribution in [0, 0.1) is 0 Å². The molecule has 0 bridgehead atoms. The number of esters is 1. The molecule has 0 unspecified atom stereocenters. The molecule has 6 heteroatoms. The van der Waals surface area contributed by atoms with Gasteiger partial charge in [0, 0.05) is 11.6 Å². The highest BCUT2D eigenvalue weighted by atomic mass is 16.6. The molecule has 5 rings (SSSR count). The van der Waals surface area contributed by atoms with Gasteiger partial charge in [-0.25, -0.2) is 4.79 Å². The number of carbonyl (C=O) groups is 2. The number of nitrogens with zero attached hydrogens (tertiary/aromatic N) is 1. The highest BCUT2D eigenvalue weighted by Crippen LogP contribution is 2.44. The van der Waals surface area contributed by atoms with Crippen LogP contribution in [-0.2, 0) is 20.9 Å². The van der Waals surface area contributed by atoms with Crippen LogP contribution in [0.5, 0.6) is 5.75 Å². The van der Waals surface area contributed by atoms with Crippen LogP contribution in [0.2, 0.25) is 0 Å². The topological polar surface area (TPSA) is 65.1 Å². The zero-order chi connectivity index (χ0) is 25.6. The summed E-state index contributed by atoms with van der Waals surface area (Å²) >= 11 is 0. The summed E-state index contributed by atoms with van der Waals surface area (Å²) in [7, 11) is 1.57. The first-order valence-electron chi connectivity index (χ1n) is 12.1. The van der Waals surface area contributed by atoms with Gasteiger partial charge in [-0.05, 0) is 52.1 Å². The van der Waals surface area contributed by atoms with Crippen molar-refractivity contribution in [2.45, 2.75) is 12.5 Å². The second-order valence-corrected chi connectivity index (χ2v) is 8.73. The molecule has 0 spiro atoms. The number of fused-ring (bicyclic) bond motifs is 3. The Morgan fingerprint density at radius 2 is 1.32 bits per heavy atom. The molecular formula is C31H27NO5. The lowest BCUT2D eigenvalue weighted by atomic mass is 9.98. The van der Waals surface area contributed by atoms with E-state index in [2.05, 4.69) is 24.3 Å². The predicted octanol–water partition coefficient (Wildman–Crippen LogP) is 6.19. The van der Waals surface area contributed by atoms with E-state index in [-0.39, 0.29) is 25.7 Å². The van der Waals surface area contributed by atoms with Crippen LogP contribution in [0.3, 0.4) is 0 Å². The Kier molecular flexibility index (Phi) is 7.17. The summed E-state index contributed by atoms with van der Waals surface area (Å²) in [6.07, 6.45) is -0.622. The summed E-state index contributed by atoms with van der Waals surface area (Å²) in [4.78, 5) is 27.4. The Labute approximate surface area is 216 Å². The molecule has 1 amide bonds. The summed E-state index contributed by atoms with van der Waals surface area (Å²) < 4.78 is 16.5. The molecule has 1 aliphatic rings. The van der Waals surface area contributed by atoms with Crippen LogP contribution < -0.4 is 9.64 Å². The van der Waals surface area contributed by atoms with Crippen LogP contribution in [0.15, 0.2) is 103 Å². The molecule has 0 heterocycles. The Morgan fingerprint density at radius 1 is 0.730 bits per heavy atom. The molecule has 0 radical (unpaired) electrons. The molecule has 4 aromatic carbocycles. The van der Waals surface area contributed by atoms with Gasteiger partial charge in [0.05, 0.1) is 7.11 Å². The number of benzene rings is 4. The van der Waals surface area contributed by atoms with Crippen molar-refractivity contribution in [3.05, 3.63) is 120 Å². The van der Waals surface area contributed by atoms with Crippen LogP contribution in [0.25, 0.3) is 11.1 Å². The molecule has 0 saturated heterocycles. The fourth-order valence-corrected chi connectivity index (χ4v) is 4.61. The maximum absolute atomic E-state index is 13.4. The third-order valence-corrected chi connectivity index (χ3v) is 6.47. The molecule has 4 aromatic rings. The maximum Gasteiger partial charge on any atom is 0.414 e. The van der Waals surface area contributed by atoms with E-state index >= 15 is 0 Å². The number of hydrogen-bond donors (Lipinski definition) is 0. The highest BCUT2D eigenvalue weighted by Gasteiger charge is 2.30. The van der Waals surface area contributed by atoms with E-state index in [0.717, 1.165) is 27.8 Å². The second kappa shape index (κ2) is 11.0. The number of ether oxygens (including phenoxy) is 3. The largest absolute Gasteiger partial charge is 0.497 e. The van der Waals surface area contributed by atoms with Crippen molar-refractivity contribution < 1.29 is 23.8 Å². The van der Waals surface area contributed by atoms with E-state index in [1.807, 2.05) is 54.6 Å². The van der Waals surface area contributed by atoms with Gasteiger partial charge >= 0.3 is 12.1 Å². The standard InChI is InChI=1S/C31H27NO5/c1-35-24-17-15-23(16-18-24)32(19-30(33)36-20-22-9-3-2-4-10-22)31(34)37-21-29-27-13-7-5-11-25(27)26-12-6-8-14-28(26)29/h2-18,29H,19-21H2,1H3. The predicted molar refractivity (Wildman–Crippen MR) is 142 cm³/mol. The molecule has 1 aliphatic carbocycles. The van der Waals surface area contributed by atoms with Gasteiger partial charge in [-0.1, -0.05) is 78.9 Å². The van der Waals surface area contributed by atoms with Gasteiger partial charge in [-0.2, -0.15) is 0 Å². The van der Waals surface area contributed by atoms with E-state index in [9.17, 15) is 9.59 Å². The molecule has 0 aliphatic heterocycles. The normalized spacial score (nSPS) is 11.8. The number of carbonyl (C=O) groups excluding carboxylic acids is 2. The van der Waals surface area contributed by atoms with Crippen molar-refractivity contribution in [1.82, 2.24) is 0 Å². The van der Waals surface area contributed by atoms with Crippen LogP contribution >= 0.6 is 0 Å². The molecule has 0 atom stereocenters. The molecule has 6 nitrogen and oxygen atoms in total. The van der Waals surface area contributed by atoms with E-state index in [4.69, 9.17) is 14.2 Å². The monoisotopic (exact) mass is 493 g/mol. The average Bonchev–Trinajstić information content (AvgIpc) is 3.28. The van der Waals surface area contributed by atoms with Gasteiger partial charge in [0.25, 0.3) is 0 Å². The fourth-order valence-electron chi connectivity index (χ4n) is 4.61. The first-order valence-corrected chi connectivity index (χ1v) is 12.1. The molecule has 37 heavy (non-hydrogen) atoms. The lowest BCUT2D eigenvalue weighted by molar-refractivity contribution is -0.143. The Hall–Kier alpha value is -4.58. The number of anilines is 1. The maximum atomic E-state index is 13.4. The molecule has 0 N–H and O–H groups in total. The van der Waals surface area contributed by atoms with E-state index < -0.39 is 12.1 Å². The summed E-state index contributed by atoms with van der Waals surface area (Å²) in [5.74, 6) is 0.0233. The summed E-state index contributed by atoms with van der Waals surface area (Å²) in [5.41, 5.74) is 5.92. The lowest BCUT2D eigenvalue weighted by Gasteiger charge is -2.23.